The second-order valence-electron chi connectivity index (χ2n) is 4.10. The number of hydrogen-bond donors (Lipinski definition) is 1. The molecule has 0 unspecified atom stereocenters. The van der Waals surface area contributed by atoms with E-state index in [-0.39, 0.29) is 12.4 Å². The molecule has 1 rings (SSSR count). The van der Waals surface area contributed by atoms with Gasteiger partial charge in [0.2, 0.25) is 0 Å². The second-order valence-corrected chi connectivity index (χ2v) is 4.10. The summed E-state index contributed by atoms with van der Waals surface area (Å²) in [6, 6.07) is 5.83. The van der Waals surface area contributed by atoms with Gasteiger partial charge in [0.15, 0.2) is 0 Å². The molecule has 0 amide bonds. The van der Waals surface area contributed by atoms with Crippen LogP contribution in [0.3, 0.4) is 0 Å². The Bertz CT molecular complexity index is 348. The number of nitrogens with zero attached hydrogens (tertiary/aromatic N) is 1. The lowest BCUT2D eigenvalue weighted by Gasteiger charge is -2.18. The van der Waals surface area contributed by atoms with Gasteiger partial charge in [0.05, 0.1) is 6.42 Å². The van der Waals surface area contributed by atoms with Crippen LogP contribution in [-0.2, 0) is 0 Å². The summed E-state index contributed by atoms with van der Waals surface area (Å²) in [5, 5.41) is 3.01. The first-order valence-electron chi connectivity index (χ1n) is 5.61. The molecule has 0 atom stereocenters. The van der Waals surface area contributed by atoms with E-state index in [1.165, 1.54) is 12.1 Å². The number of anilines is 1. The highest BCUT2D eigenvalue weighted by atomic mass is 19.4. The third kappa shape index (κ3) is 6.44. The average Bonchev–Trinajstić information content (AvgIpc) is 2.28. The van der Waals surface area contributed by atoms with Crippen molar-refractivity contribution in [2.75, 3.05) is 32.0 Å². The van der Waals surface area contributed by atoms with Crippen molar-refractivity contribution in [1.82, 2.24) is 4.90 Å². The number of alkyl halides is 3. The first-order chi connectivity index (χ1) is 8.37. The zero-order valence-electron chi connectivity index (χ0n) is 10.1. The van der Waals surface area contributed by atoms with Crippen LogP contribution in [0.5, 0.6) is 0 Å². The van der Waals surface area contributed by atoms with Gasteiger partial charge in [0, 0.05) is 25.3 Å². The van der Waals surface area contributed by atoms with Gasteiger partial charge in [-0.3, -0.25) is 0 Å². The number of rotatable bonds is 6. The van der Waals surface area contributed by atoms with Gasteiger partial charge in [-0.05, 0) is 31.3 Å². The van der Waals surface area contributed by atoms with Crippen LogP contribution in [0, 0.1) is 5.82 Å². The molecule has 0 bridgehead atoms. The van der Waals surface area contributed by atoms with Crippen LogP contribution >= 0.6 is 0 Å². The molecule has 0 aromatic heterocycles. The summed E-state index contributed by atoms with van der Waals surface area (Å²) < 4.78 is 48.5. The fourth-order valence-electron chi connectivity index (χ4n) is 1.39. The maximum Gasteiger partial charge on any atom is 0.390 e. The van der Waals surface area contributed by atoms with Gasteiger partial charge in [-0.1, -0.05) is 0 Å². The van der Waals surface area contributed by atoms with Gasteiger partial charge in [0.1, 0.15) is 5.82 Å². The van der Waals surface area contributed by atoms with E-state index in [4.69, 9.17) is 0 Å². The number of likely N-dealkylation sites (N-methyl/N-ethyl adjacent to an activating group) is 1. The van der Waals surface area contributed by atoms with Crippen molar-refractivity contribution in [3.8, 4) is 0 Å². The van der Waals surface area contributed by atoms with Crippen LogP contribution in [-0.4, -0.2) is 37.8 Å². The molecule has 2 nitrogen and oxygen atoms in total. The number of halogens is 4. The lowest BCUT2D eigenvalue weighted by Crippen LogP contribution is -2.29. The number of hydrogen-bond acceptors (Lipinski definition) is 2. The van der Waals surface area contributed by atoms with Gasteiger partial charge in [-0.15, -0.1) is 0 Å². The van der Waals surface area contributed by atoms with Gasteiger partial charge >= 0.3 is 6.18 Å². The molecule has 0 fully saturated rings. The molecule has 6 heteroatoms. The maximum absolute atomic E-state index is 12.6. The lowest BCUT2D eigenvalue weighted by atomic mass is 10.3. The summed E-state index contributed by atoms with van der Waals surface area (Å²) in [4.78, 5) is 1.60. The third-order valence-electron chi connectivity index (χ3n) is 2.44. The van der Waals surface area contributed by atoms with Gasteiger partial charge in [-0.2, -0.15) is 13.2 Å². The molecule has 0 saturated heterocycles. The van der Waals surface area contributed by atoms with Crippen molar-refractivity contribution in [2.24, 2.45) is 0 Å². The summed E-state index contributed by atoms with van der Waals surface area (Å²) in [5.74, 6) is -0.317. The van der Waals surface area contributed by atoms with Gasteiger partial charge < -0.3 is 10.2 Å². The number of nitrogens with one attached hydrogen (secondary N) is 1. The van der Waals surface area contributed by atoms with E-state index >= 15 is 0 Å². The highest BCUT2D eigenvalue weighted by Gasteiger charge is 2.26. The Morgan fingerprint density at radius 1 is 1.11 bits per heavy atom. The Balaban J connectivity index is 2.19. The van der Waals surface area contributed by atoms with Crippen LogP contribution in [0.25, 0.3) is 0 Å². The Kier molecular flexibility index (Phi) is 5.40. The Morgan fingerprint density at radius 3 is 2.28 bits per heavy atom. The topological polar surface area (TPSA) is 15.3 Å². The van der Waals surface area contributed by atoms with Gasteiger partial charge in [-0.25, -0.2) is 4.39 Å². The van der Waals surface area contributed by atoms with Gasteiger partial charge in [0.25, 0.3) is 0 Å². The minimum atomic E-state index is -4.11. The fourth-order valence-corrected chi connectivity index (χ4v) is 1.39. The van der Waals surface area contributed by atoms with Crippen molar-refractivity contribution >= 4 is 5.69 Å². The Morgan fingerprint density at radius 2 is 1.72 bits per heavy atom. The molecule has 0 spiro atoms. The maximum atomic E-state index is 12.6. The quantitative estimate of drug-likeness (QED) is 0.794. The predicted octanol–water partition coefficient (Wildman–Crippen LogP) is 3.12. The molecule has 102 valence electrons. The Labute approximate surface area is 104 Å². The van der Waals surface area contributed by atoms with Crippen LogP contribution in [0.2, 0.25) is 0 Å². The smallest absolute Gasteiger partial charge is 0.384 e. The van der Waals surface area contributed by atoms with Crippen molar-refractivity contribution < 1.29 is 17.6 Å². The van der Waals surface area contributed by atoms with Crippen LogP contribution < -0.4 is 5.32 Å². The molecule has 0 aliphatic carbocycles. The molecule has 18 heavy (non-hydrogen) atoms. The molecule has 0 saturated carbocycles. The van der Waals surface area contributed by atoms with E-state index < -0.39 is 12.6 Å². The molecule has 1 N–H and O–H groups in total. The molecule has 1 aromatic carbocycles. The minimum absolute atomic E-state index is 0.0192. The lowest BCUT2D eigenvalue weighted by molar-refractivity contribution is -0.137. The molecular formula is C12H16F4N2. The van der Waals surface area contributed by atoms with E-state index in [9.17, 15) is 17.6 Å². The third-order valence-corrected chi connectivity index (χ3v) is 2.44. The summed E-state index contributed by atoms with van der Waals surface area (Å²) in [7, 11) is 1.64. The standard InChI is InChI=1S/C12H16F4N2/c1-18(8-6-12(14,15)16)9-7-17-11-4-2-10(13)3-5-11/h2-5,17H,6-9H2,1H3. The van der Waals surface area contributed by atoms with Crippen molar-refractivity contribution in [3.05, 3.63) is 30.1 Å². The normalized spacial score (nSPS) is 11.9. The summed E-state index contributed by atoms with van der Waals surface area (Å²) in [6.07, 6.45) is -4.92. The zero-order chi connectivity index (χ0) is 13.6. The highest BCUT2D eigenvalue weighted by Crippen LogP contribution is 2.19. The second kappa shape index (κ2) is 6.58. The summed E-state index contributed by atoms with van der Waals surface area (Å²) in [6.45, 7) is 0.988. The molecule has 0 aliphatic rings. The monoisotopic (exact) mass is 264 g/mol. The van der Waals surface area contributed by atoms with Crippen LogP contribution in [0.4, 0.5) is 23.2 Å². The van der Waals surface area contributed by atoms with E-state index in [2.05, 4.69) is 5.32 Å². The average molecular weight is 264 g/mol. The highest BCUT2D eigenvalue weighted by molar-refractivity contribution is 5.42. The molecular weight excluding hydrogens is 248 g/mol. The molecule has 1 aromatic rings. The summed E-state index contributed by atoms with van der Waals surface area (Å²) in [5.41, 5.74) is 0.751. The van der Waals surface area contributed by atoms with Crippen LogP contribution in [0.15, 0.2) is 24.3 Å². The zero-order valence-corrected chi connectivity index (χ0v) is 10.1. The summed E-state index contributed by atoms with van der Waals surface area (Å²) >= 11 is 0. The van der Waals surface area contributed by atoms with Crippen molar-refractivity contribution in [2.45, 2.75) is 12.6 Å². The first kappa shape index (κ1) is 14.8. The van der Waals surface area contributed by atoms with Crippen LogP contribution in [0.1, 0.15) is 6.42 Å². The van der Waals surface area contributed by atoms with Crippen molar-refractivity contribution in [1.29, 1.82) is 0 Å². The van der Waals surface area contributed by atoms with E-state index in [0.717, 1.165) is 5.69 Å². The predicted molar refractivity (Wildman–Crippen MR) is 63.1 cm³/mol. The molecule has 0 heterocycles. The Hall–Kier alpha value is -1.30. The van der Waals surface area contributed by atoms with E-state index in [1.807, 2.05) is 0 Å². The molecule has 0 radical (unpaired) electrons. The minimum Gasteiger partial charge on any atom is -0.384 e. The number of benzene rings is 1. The van der Waals surface area contributed by atoms with Crippen molar-refractivity contribution in [3.63, 3.8) is 0 Å². The SMILES string of the molecule is CN(CCNc1ccc(F)cc1)CCC(F)(F)F. The van der Waals surface area contributed by atoms with E-state index in [0.29, 0.717) is 13.1 Å². The largest absolute Gasteiger partial charge is 0.390 e. The fraction of sp³-hybridized carbons (Fsp3) is 0.500. The molecule has 0 aliphatic heterocycles. The first-order valence-corrected chi connectivity index (χ1v) is 5.61. The van der Waals surface area contributed by atoms with E-state index in [1.54, 1.807) is 24.1 Å².